The van der Waals surface area contributed by atoms with Crippen LogP contribution in [0.1, 0.15) is 27.2 Å². The van der Waals surface area contributed by atoms with Crippen LogP contribution < -0.4 is 36.0 Å². The van der Waals surface area contributed by atoms with E-state index >= 15 is 0 Å². The van der Waals surface area contributed by atoms with Gasteiger partial charge in [-0.2, -0.15) is 0 Å². The maximum atomic E-state index is 12.4. The molecule has 0 saturated carbocycles. The second kappa shape index (κ2) is 21.6. The number of aliphatic carboxylic acids is 2. The first-order valence-corrected chi connectivity index (χ1v) is 13.0. The summed E-state index contributed by atoms with van der Waals surface area (Å²) in [5, 5.41) is 30.4. The van der Waals surface area contributed by atoms with Gasteiger partial charge in [0.05, 0.1) is 37.9 Å². The van der Waals surface area contributed by atoms with Gasteiger partial charge in [-0.25, -0.2) is 0 Å². The summed E-state index contributed by atoms with van der Waals surface area (Å²) in [7, 11) is 3.31. The summed E-state index contributed by atoms with van der Waals surface area (Å²) in [6.45, 7) is 7.29. The molecule has 0 aliphatic rings. The Bertz CT molecular complexity index is 698. The van der Waals surface area contributed by atoms with Crippen molar-refractivity contribution in [3.63, 3.8) is 0 Å². The third-order valence-electron chi connectivity index (χ3n) is 5.55. The van der Waals surface area contributed by atoms with Gasteiger partial charge in [0.1, 0.15) is 26.2 Å². The van der Waals surface area contributed by atoms with E-state index in [4.69, 9.17) is 14.2 Å². The molecule has 5 atom stereocenters. The molecule has 222 valence electrons. The summed E-state index contributed by atoms with van der Waals surface area (Å²) in [5.74, 6) is -3.41. The lowest BCUT2D eigenvalue weighted by molar-refractivity contribution is -0.944. The number of carboxylic acid groups (broad SMARTS) is 2. The minimum Gasteiger partial charge on any atom is -0.544 e. The molecular formula is C24H47N5O9. The Hall–Kier alpha value is -2.36. The fraction of sp³-hybridized carbons (Fsp3) is 0.833. The lowest BCUT2D eigenvalue weighted by Crippen LogP contribution is -3.22. The van der Waals surface area contributed by atoms with Gasteiger partial charge >= 0.3 is 0 Å². The lowest BCUT2D eigenvalue weighted by Gasteiger charge is -2.24. The Morgan fingerprint density at radius 3 is 1.76 bits per heavy atom. The number of ether oxygens (including phenoxy) is 3. The highest BCUT2D eigenvalue weighted by atomic mass is 16.5. The first-order valence-electron chi connectivity index (χ1n) is 13.0. The van der Waals surface area contributed by atoms with E-state index in [0.717, 1.165) is 0 Å². The zero-order valence-electron chi connectivity index (χ0n) is 23.4. The Labute approximate surface area is 225 Å². The number of hydrogen-bond donors (Lipinski definition) is 5. The van der Waals surface area contributed by atoms with Crippen molar-refractivity contribution in [2.24, 2.45) is 0 Å². The predicted octanol–water partition coefficient (Wildman–Crippen LogP) is -7.06. The van der Waals surface area contributed by atoms with E-state index < -0.39 is 25.0 Å². The van der Waals surface area contributed by atoms with Crippen molar-refractivity contribution in [1.29, 1.82) is 0 Å². The molecule has 0 spiro atoms. The third kappa shape index (κ3) is 20.7. The van der Waals surface area contributed by atoms with E-state index in [9.17, 15) is 29.4 Å². The van der Waals surface area contributed by atoms with Crippen molar-refractivity contribution in [1.82, 2.24) is 16.0 Å². The zero-order chi connectivity index (χ0) is 28.9. The molecule has 0 aliphatic carbocycles. The standard InChI is InChI=1S/C24H47N5O9/c1-18(25-4)16-38-20(3)17-37-10-6-9-36-15-19(2)27-22(31)12-29(14-24(34)35)8-7-28(13-23(32)33)11-21(30)26-5/h18-20,25H,6-17H2,1-5H3,(H,26,30)(H,27,31)(H,32,33)(H,34,35). The number of nitrogens with one attached hydrogen (secondary N) is 5. The zero-order valence-corrected chi connectivity index (χ0v) is 23.4. The fourth-order valence-electron chi connectivity index (χ4n) is 3.36. The number of carbonyl (C=O) groups excluding carboxylic acids is 4. The fourth-order valence-corrected chi connectivity index (χ4v) is 3.36. The van der Waals surface area contributed by atoms with Crippen LogP contribution in [-0.4, -0.2) is 128 Å². The van der Waals surface area contributed by atoms with Crippen molar-refractivity contribution < 1.29 is 53.4 Å². The number of hydrogen-bond acceptors (Lipinski definition) is 10. The molecule has 0 aliphatic heterocycles. The summed E-state index contributed by atoms with van der Waals surface area (Å²) in [4.78, 5) is 46.9. The maximum absolute atomic E-state index is 12.4. The van der Waals surface area contributed by atoms with E-state index in [1.807, 2.05) is 20.9 Å². The lowest BCUT2D eigenvalue weighted by atomic mass is 10.3. The monoisotopic (exact) mass is 549 g/mol. The molecule has 0 bridgehead atoms. The van der Waals surface area contributed by atoms with Gasteiger partial charge in [0.2, 0.25) is 0 Å². The van der Waals surface area contributed by atoms with E-state index in [2.05, 4.69) is 16.0 Å². The van der Waals surface area contributed by atoms with Crippen molar-refractivity contribution in [2.45, 2.75) is 45.4 Å². The molecule has 0 rings (SSSR count). The number of amides is 2. The van der Waals surface area contributed by atoms with Crippen LogP contribution in [0.25, 0.3) is 0 Å². The van der Waals surface area contributed by atoms with Gasteiger partial charge in [0.15, 0.2) is 13.1 Å². The SMILES string of the molecule is CNC(=O)C[NH+](CC[NH+](CC(=O)[O-])CC(=O)NC(C)COCCCOCC(C)OCC(C)NC)CC(=O)[O-]. The van der Waals surface area contributed by atoms with Crippen LogP contribution in [0, 0.1) is 0 Å². The third-order valence-corrected chi connectivity index (χ3v) is 5.55. The highest BCUT2D eigenvalue weighted by Gasteiger charge is 2.21. The molecular weight excluding hydrogens is 502 g/mol. The molecule has 0 saturated heterocycles. The minimum atomic E-state index is -1.34. The largest absolute Gasteiger partial charge is 0.544 e. The second-order valence-corrected chi connectivity index (χ2v) is 9.43. The van der Waals surface area contributed by atoms with Gasteiger partial charge in [-0.1, -0.05) is 0 Å². The van der Waals surface area contributed by atoms with Gasteiger partial charge in [0.25, 0.3) is 11.8 Å². The highest BCUT2D eigenvalue weighted by molar-refractivity contribution is 5.77. The normalized spacial score (nSPS) is 15.2. The quantitative estimate of drug-likeness (QED) is 0.0724. The molecule has 0 fully saturated rings. The molecule has 0 aromatic heterocycles. The number of rotatable bonds is 24. The van der Waals surface area contributed by atoms with Crippen LogP contribution in [-0.2, 0) is 33.4 Å². The topological polar surface area (TPSA) is 187 Å². The Balaban J connectivity index is 4.30. The molecule has 38 heavy (non-hydrogen) atoms. The molecule has 0 aromatic rings. The summed E-state index contributed by atoms with van der Waals surface area (Å²) >= 11 is 0. The van der Waals surface area contributed by atoms with Crippen molar-refractivity contribution in [2.75, 3.05) is 86.4 Å². The number of carboxylic acids is 2. The van der Waals surface area contributed by atoms with Gasteiger partial charge in [-0.05, 0) is 34.2 Å². The number of quaternary nitrogens is 2. The summed E-state index contributed by atoms with van der Waals surface area (Å²) < 4.78 is 16.8. The second-order valence-electron chi connectivity index (χ2n) is 9.43. The van der Waals surface area contributed by atoms with E-state index in [-0.39, 0.29) is 62.8 Å². The van der Waals surface area contributed by atoms with Crippen LogP contribution in [0.2, 0.25) is 0 Å². The summed E-state index contributed by atoms with van der Waals surface area (Å²) in [6, 6.07) is -0.0242. The molecule has 5 N–H and O–H groups in total. The first-order chi connectivity index (χ1) is 18.0. The molecule has 0 heterocycles. The molecule has 0 aromatic carbocycles. The van der Waals surface area contributed by atoms with Crippen LogP contribution >= 0.6 is 0 Å². The van der Waals surface area contributed by atoms with Crippen molar-refractivity contribution in [3.05, 3.63) is 0 Å². The summed E-state index contributed by atoms with van der Waals surface area (Å²) in [5.41, 5.74) is 0. The van der Waals surface area contributed by atoms with E-state index in [1.165, 1.54) is 7.05 Å². The smallest absolute Gasteiger partial charge is 0.275 e. The van der Waals surface area contributed by atoms with Crippen molar-refractivity contribution >= 4 is 23.8 Å². The van der Waals surface area contributed by atoms with Gasteiger partial charge in [-0.15, -0.1) is 0 Å². The Morgan fingerprint density at radius 1 is 0.737 bits per heavy atom. The van der Waals surface area contributed by atoms with Crippen LogP contribution in [0.15, 0.2) is 0 Å². The minimum absolute atomic E-state index is 0.00458. The van der Waals surface area contributed by atoms with E-state index in [0.29, 0.717) is 42.6 Å². The Morgan fingerprint density at radius 2 is 1.26 bits per heavy atom. The van der Waals surface area contributed by atoms with Crippen LogP contribution in [0.4, 0.5) is 0 Å². The van der Waals surface area contributed by atoms with E-state index in [1.54, 1.807) is 6.92 Å². The van der Waals surface area contributed by atoms with Gasteiger partial charge < -0.3 is 59.8 Å². The maximum Gasteiger partial charge on any atom is 0.275 e. The molecule has 0 radical (unpaired) electrons. The summed E-state index contributed by atoms with van der Waals surface area (Å²) in [6.07, 6.45) is 0.681. The van der Waals surface area contributed by atoms with Crippen LogP contribution in [0.3, 0.4) is 0 Å². The molecule has 2 amide bonds. The first kappa shape index (κ1) is 35.6. The number of likely N-dealkylation sites (N-methyl/N-ethyl adjacent to an activating group) is 2. The number of carbonyl (C=O) groups is 4. The average molecular weight is 550 g/mol. The van der Waals surface area contributed by atoms with Crippen LogP contribution in [0.5, 0.6) is 0 Å². The molecule has 14 heteroatoms. The Kier molecular flexibility index (Phi) is 20.2. The van der Waals surface area contributed by atoms with Gasteiger partial charge in [0, 0.05) is 32.3 Å². The average Bonchev–Trinajstić information content (AvgIpc) is 2.84. The highest BCUT2D eigenvalue weighted by Crippen LogP contribution is 1.96. The molecule has 14 nitrogen and oxygen atoms in total. The van der Waals surface area contributed by atoms with Crippen molar-refractivity contribution in [3.8, 4) is 0 Å². The van der Waals surface area contributed by atoms with Gasteiger partial charge in [-0.3, -0.25) is 9.59 Å². The molecule has 5 unspecified atom stereocenters. The predicted molar refractivity (Wildman–Crippen MR) is 133 cm³/mol.